The molecule has 0 amide bonds. The molecule has 0 saturated heterocycles. The van der Waals surface area contributed by atoms with Gasteiger partial charge in [0, 0.05) is 37.7 Å². The molecule has 11 aromatic rings. The van der Waals surface area contributed by atoms with E-state index in [2.05, 4.69) is 186 Å². The van der Waals surface area contributed by atoms with E-state index in [0.717, 1.165) is 22.1 Å². The molecule has 0 spiro atoms. The molecule has 0 radical (unpaired) electrons. The van der Waals surface area contributed by atoms with Crippen LogP contribution in [0, 0.1) is 0 Å². The van der Waals surface area contributed by atoms with Crippen LogP contribution in [0.4, 0.5) is 5.69 Å². The van der Waals surface area contributed by atoms with Crippen LogP contribution in [-0.4, -0.2) is 4.57 Å². The van der Waals surface area contributed by atoms with Crippen LogP contribution in [-0.2, 0) is 0 Å². The van der Waals surface area contributed by atoms with Crippen molar-refractivity contribution in [1.82, 2.24) is 4.57 Å². The zero-order chi connectivity index (χ0) is 36.0. The number of fused-ring (bicyclic) bond motifs is 10. The number of para-hydroxylation sites is 1. The molecule has 0 saturated carbocycles. The highest BCUT2D eigenvalue weighted by atomic mass is 32.2. The van der Waals surface area contributed by atoms with E-state index in [0.29, 0.717) is 0 Å². The summed E-state index contributed by atoms with van der Waals surface area (Å²) in [6.07, 6.45) is 0. The van der Waals surface area contributed by atoms with E-state index in [1.165, 1.54) is 87.3 Å². The van der Waals surface area contributed by atoms with E-state index in [4.69, 9.17) is 4.42 Å². The number of rotatable bonds is 4. The van der Waals surface area contributed by atoms with Crippen molar-refractivity contribution in [1.29, 1.82) is 0 Å². The topological polar surface area (TPSA) is 30.1 Å². The smallest absolute Gasteiger partial charge is 0.137 e. The van der Waals surface area contributed by atoms with Crippen LogP contribution in [0.25, 0.3) is 93.2 Å². The van der Waals surface area contributed by atoms with Crippen molar-refractivity contribution in [2.75, 3.05) is 5.32 Å². The van der Waals surface area contributed by atoms with Gasteiger partial charge in [-0.05, 0) is 86.3 Å². The Morgan fingerprint density at radius 1 is 0.473 bits per heavy atom. The minimum absolute atomic E-state index is 0.0674. The van der Waals surface area contributed by atoms with E-state index < -0.39 is 0 Å². The molecule has 1 N–H and O–H groups in total. The molecule has 55 heavy (non-hydrogen) atoms. The van der Waals surface area contributed by atoms with E-state index in [-0.39, 0.29) is 5.37 Å². The van der Waals surface area contributed by atoms with Gasteiger partial charge in [0.1, 0.15) is 16.5 Å². The second-order valence-electron chi connectivity index (χ2n) is 14.5. The SMILES string of the molecule is c1ccc(-c2cc3oc4ccccc4c3c3c2NC(c2ccc(-c4ccc5c6cc7ccccc7cc6n(-c6ccc7ccccc7c6)c5c4)cc2)S3)cc1. The van der Waals surface area contributed by atoms with Crippen LogP contribution in [0.3, 0.4) is 0 Å². The first-order chi connectivity index (χ1) is 27.2. The predicted molar refractivity (Wildman–Crippen MR) is 233 cm³/mol. The van der Waals surface area contributed by atoms with Gasteiger partial charge in [0.05, 0.1) is 16.7 Å². The largest absolute Gasteiger partial charge is 0.456 e. The summed E-state index contributed by atoms with van der Waals surface area (Å²) in [6, 6.07) is 66.1. The van der Waals surface area contributed by atoms with Gasteiger partial charge in [0.25, 0.3) is 0 Å². The highest BCUT2D eigenvalue weighted by molar-refractivity contribution is 8.00. The monoisotopic (exact) mass is 720 g/mol. The van der Waals surface area contributed by atoms with Crippen molar-refractivity contribution in [2.45, 2.75) is 10.3 Å². The van der Waals surface area contributed by atoms with E-state index in [1.807, 2.05) is 17.8 Å². The quantitative estimate of drug-likeness (QED) is 0.196. The molecule has 1 aliphatic heterocycles. The average molecular weight is 721 g/mol. The van der Waals surface area contributed by atoms with Gasteiger partial charge in [-0.25, -0.2) is 0 Å². The van der Waals surface area contributed by atoms with E-state index in [9.17, 15) is 0 Å². The summed E-state index contributed by atoms with van der Waals surface area (Å²) >= 11 is 1.88. The van der Waals surface area contributed by atoms with Gasteiger partial charge in [-0.2, -0.15) is 0 Å². The Balaban J connectivity index is 0.961. The van der Waals surface area contributed by atoms with Crippen LogP contribution in [0.5, 0.6) is 0 Å². The molecule has 1 atom stereocenters. The summed E-state index contributed by atoms with van der Waals surface area (Å²) in [4.78, 5) is 1.25. The van der Waals surface area contributed by atoms with Gasteiger partial charge in [-0.15, -0.1) is 0 Å². The molecular weight excluding hydrogens is 689 g/mol. The normalized spacial score (nSPS) is 14.1. The highest BCUT2D eigenvalue weighted by Gasteiger charge is 2.30. The summed E-state index contributed by atoms with van der Waals surface area (Å²) in [5.41, 5.74) is 12.6. The van der Waals surface area contributed by atoms with Crippen LogP contribution >= 0.6 is 11.8 Å². The van der Waals surface area contributed by atoms with E-state index in [1.54, 1.807) is 0 Å². The number of hydrogen-bond acceptors (Lipinski definition) is 3. The summed E-state index contributed by atoms with van der Waals surface area (Å²) in [6.45, 7) is 0. The fraction of sp³-hybridized carbons (Fsp3) is 0.0196. The lowest BCUT2D eigenvalue weighted by atomic mass is 10.00. The van der Waals surface area contributed by atoms with Crippen LogP contribution in [0.15, 0.2) is 191 Å². The summed E-state index contributed by atoms with van der Waals surface area (Å²) in [5, 5.41) is 13.8. The van der Waals surface area contributed by atoms with Gasteiger partial charge in [-0.3, -0.25) is 0 Å². The van der Waals surface area contributed by atoms with Crippen molar-refractivity contribution in [3.63, 3.8) is 0 Å². The molecule has 3 heterocycles. The van der Waals surface area contributed by atoms with Gasteiger partial charge in [-0.1, -0.05) is 151 Å². The third-order valence-corrected chi connectivity index (χ3v) is 12.7. The van der Waals surface area contributed by atoms with Crippen LogP contribution < -0.4 is 5.32 Å². The molecule has 9 aromatic carbocycles. The first-order valence-corrected chi connectivity index (χ1v) is 19.6. The maximum Gasteiger partial charge on any atom is 0.137 e. The fourth-order valence-corrected chi connectivity index (χ4v) is 10.0. The summed E-state index contributed by atoms with van der Waals surface area (Å²) < 4.78 is 8.87. The lowest BCUT2D eigenvalue weighted by molar-refractivity contribution is 0.669. The molecule has 0 fully saturated rings. The van der Waals surface area contributed by atoms with Crippen molar-refractivity contribution in [3.8, 4) is 27.9 Å². The number of anilines is 1. The van der Waals surface area contributed by atoms with Gasteiger partial charge in [0.15, 0.2) is 0 Å². The molecule has 2 aromatic heterocycles. The Kier molecular flexibility index (Phi) is 6.63. The Morgan fingerprint density at radius 2 is 1.16 bits per heavy atom. The molecule has 0 aliphatic carbocycles. The Bertz CT molecular complexity index is 3320. The maximum atomic E-state index is 6.43. The predicted octanol–water partition coefficient (Wildman–Crippen LogP) is 14.5. The van der Waals surface area contributed by atoms with E-state index >= 15 is 0 Å². The van der Waals surface area contributed by atoms with Crippen molar-refractivity contribution in [2.24, 2.45) is 0 Å². The zero-order valence-electron chi connectivity index (χ0n) is 29.7. The van der Waals surface area contributed by atoms with Gasteiger partial charge in [0.2, 0.25) is 0 Å². The highest BCUT2D eigenvalue weighted by Crippen LogP contribution is 2.55. The number of nitrogens with one attached hydrogen (secondary N) is 1. The Morgan fingerprint density at radius 3 is 2.00 bits per heavy atom. The first-order valence-electron chi connectivity index (χ1n) is 18.8. The maximum absolute atomic E-state index is 6.43. The first kappa shape index (κ1) is 30.7. The molecule has 1 unspecified atom stereocenters. The third-order valence-electron chi connectivity index (χ3n) is 11.4. The Labute approximate surface area is 321 Å². The van der Waals surface area contributed by atoms with Crippen LogP contribution in [0.1, 0.15) is 10.9 Å². The number of furan rings is 1. The van der Waals surface area contributed by atoms with Gasteiger partial charge < -0.3 is 14.3 Å². The molecule has 258 valence electrons. The fourth-order valence-electron chi connectivity index (χ4n) is 8.71. The number of nitrogens with zero attached hydrogens (tertiary/aromatic N) is 1. The lowest BCUT2D eigenvalue weighted by Crippen LogP contribution is -2.02. The van der Waals surface area contributed by atoms with Gasteiger partial charge >= 0.3 is 0 Å². The van der Waals surface area contributed by atoms with Crippen molar-refractivity contribution < 1.29 is 4.42 Å². The standard InChI is InChI=1S/C51H32N2OS/c1-2-11-33(12-3-1)42-30-47-48(41-16-8-9-17-46(41)54-47)50-49(42)52-51(55-50)34-20-18-32(19-21-34)38-23-25-40-43-27-36-14-6-7-15-37(36)28-45(43)53(44(40)29-38)39-24-22-31-10-4-5-13-35(31)26-39/h1-30,51-52H. The van der Waals surface area contributed by atoms with Crippen LogP contribution in [0.2, 0.25) is 0 Å². The third kappa shape index (κ3) is 4.78. The number of hydrogen-bond donors (Lipinski definition) is 1. The second kappa shape index (κ2) is 11.9. The number of aromatic nitrogens is 1. The molecule has 1 aliphatic rings. The average Bonchev–Trinajstić information content (AvgIpc) is 3.94. The zero-order valence-corrected chi connectivity index (χ0v) is 30.5. The molecule has 0 bridgehead atoms. The number of thioether (sulfide) groups is 1. The molecule has 12 rings (SSSR count). The summed E-state index contributed by atoms with van der Waals surface area (Å²) in [7, 11) is 0. The molecule has 4 heteroatoms. The lowest BCUT2D eigenvalue weighted by Gasteiger charge is -2.14. The Hall–Kier alpha value is -6.75. The molecule has 3 nitrogen and oxygen atoms in total. The minimum Gasteiger partial charge on any atom is -0.456 e. The second-order valence-corrected chi connectivity index (χ2v) is 15.7. The van der Waals surface area contributed by atoms with Crippen molar-refractivity contribution >= 4 is 82.7 Å². The minimum atomic E-state index is 0.0674. The summed E-state index contributed by atoms with van der Waals surface area (Å²) in [5.74, 6) is 0. The molecular formula is C51H32N2OS. The number of benzene rings is 9. The van der Waals surface area contributed by atoms with Crippen molar-refractivity contribution in [3.05, 3.63) is 188 Å².